The van der Waals surface area contributed by atoms with Gasteiger partial charge in [0.25, 0.3) is 34.4 Å². The number of para-hydroxylation sites is 4. The van der Waals surface area contributed by atoms with Crippen LogP contribution >= 0.6 is 11.3 Å². The van der Waals surface area contributed by atoms with Crippen LogP contribution in [0.5, 0.6) is 0 Å². The third kappa shape index (κ3) is 10.2. The molecule has 24 aromatic rings. The van der Waals surface area contributed by atoms with Gasteiger partial charge in [0, 0.05) is 121 Å². The molecule has 0 aliphatic carbocycles. The Morgan fingerprint density at radius 1 is 0.350 bits per heavy atom. The first-order chi connectivity index (χ1) is 62.0. The molecule has 0 radical (unpaired) electrons. The molecule has 0 spiro atoms. The number of aryl methyl sites for hydroxylation is 4. The number of pyridine rings is 10. The first-order valence-electron chi connectivity index (χ1n) is 42.2. The van der Waals surface area contributed by atoms with Crippen molar-refractivity contribution < 1.29 is 31.4 Å². The van der Waals surface area contributed by atoms with Crippen molar-refractivity contribution in [3.8, 4) is 79.7 Å². The van der Waals surface area contributed by atoms with Crippen LogP contribution in [-0.4, -0.2) is 86.4 Å². The van der Waals surface area contributed by atoms with Crippen molar-refractivity contribution in [2.24, 2.45) is 28.1 Å². The second-order valence-electron chi connectivity index (χ2n) is 31.3. The molecule has 123 heavy (non-hydrogen) atoms. The lowest BCUT2D eigenvalue weighted by Crippen LogP contribution is -2.31. The highest BCUT2D eigenvalue weighted by molar-refractivity contribution is 7.25. The van der Waals surface area contributed by atoms with Crippen LogP contribution in [-0.2, 0) is 60.8 Å². The Hall–Kier alpha value is -16.2. The highest BCUT2D eigenvalue weighted by Crippen LogP contribution is 2.45. The Labute approximate surface area is 708 Å². The fourth-order valence-electron chi connectivity index (χ4n) is 19.7. The summed E-state index contributed by atoms with van der Waals surface area (Å²) in [5.41, 5.74) is 29.4. The minimum absolute atomic E-state index is 0.488. The highest BCUT2D eigenvalue weighted by Gasteiger charge is 2.44. The zero-order valence-corrected chi connectivity index (χ0v) is 67.3. The van der Waals surface area contributed by atoms with Crippen molar-refractivity contribution in [3.63, 3.8) is 0 Å². The molecule has 5 aliphatic heterocycles. The van der Waals surface area contributed by atoms with Gasteiger partial charge in [-0.1, -0.05) is 84.1 Å². The largest absolute Gasteiger partial charge is 0.400 e. The van der Waals surface area contributed by atoms with E-state index in [4.69, 9.17) is 13.5 Å². The summed E-state index contributed by atoms with van der Waals surface area (Å²) in [5, 5.41) is 5.47. The van der Waals surface area contributed by atoms with E-state index in [2.05, 4.69) is 255 Å². The van der Waals surface area contributed by atoms with E-state index in [-0.39, 0.29) is 0 Å². The Morgan fingerprint density at radius 2 is 0.748 bits per heavy atom. The minimum Gasteiger partial charge on any atom is -0.400 e. The summed E-state index contributed by atoms with van der Waals surface area (Å²) in [7, 11) is 6.12. The van der Waals surface area contributed by atoms with E-state index < -0.39 is 6.98 Å². The van der Waals surface area contributed by atoms with Crippen LogP contribution in [0.3, 0.4) is 0 Å². The average Bonchev–Trinajstić information content (AvgIpc) is 2.52. The van der Waals surface area contributed by atoms with Crippen molar-refractivity contribution in [1.82, 2.24) is 86.4 Å². The zero-order chi connectivity index (χ0) is 83.9. The number of fused-ring (bicyclic) bond motifs is 35. The van der Waals surface area contributed by atoms with Crippen LogP contribution in [0.4, 0.5) is 0 Å². The van der Waals surface area contributed by atoms with E-state index in [0.29, 0.717) is 23.6 Å². The minimum atomic E-state index is -2.30. The number of aromatic nitrogens is 23. The molecule has 25 heteroatoms. The number of rotatable bonds is 4. The van der Waals surface area contributed by atoms with Crippen molar-refractivity contribution in [2.45, 2.75) is 32.7 Å². The predicted molar refractivity (Wildman–Crippen MR) is 472 cm³/mol. The van der Waals surface area contributed by atoms with Crippen molar-refractivity contribution in [3.05, 3.63) is 333 Å². The Kier molecular flexibility index (Phi) is 14.8. The first-order valence-corrected chi connectivity index (χ1v) is 41.5. The molecule has 0 N–H and O–H groups in total. The van der Waals surface area contributed by atoms with E-state index in [1.54, 1.807) is 29.9 Å². The Bertz CT molecular complexity index is 8420. The third-order valence-electron chi connectivity index (χ3n) is 24.7. The fraction of sp³-hybridized carbons (Fsp3) is 0.0918. The van der Waals surface area contributed by atoms with Gasteiger partial charge in [0.1, 0.15) is 41.5 Å². The van der Waals surface area contributed by atoms with Gasteiger partial charge in [-0.2, -0.15) is 13.7 Å². The van der Waals surface area contributed by atoms with Gasteiger partial charge < -0.3 is 4.42 Å². The summed E-state index contributed by atoms with van der Waals surface area (Å²) in [6, 6.07) is 72.7. The topological polar surface area (TPSA) is 201 Å². The second-order valence-corrected chi connectivity index (χ2v) is 32.3. The number of nitrogens with zero attached hydrogens (tertiary/aromatic N) is 23. The number of hydrogen-bond donors (Lipinski definition) is 0. The lowest BCUT2D eigenvalue weighted by Gasteiger charge is -2.07. The number of imidazole rings is 5. The quantitative estimate of drug-likeness (QED) is 0.152. The van der Waals surface area contributed by atoms with Gasteiger partial charge in [-0.05, 0) is 140 Å². The maximum absolute atomic E-state index is 7.97. The van der Waals surface area contributed by atoms with Crippen LogP contribution in [0.2, 0.25) is 0 Å². The molecule has 0 amide bonds. The number of benzene rings is 4. The van der Waals surface area contributed by atoms with Gasteiger partial charge in [0.15, 0.2) is 22.2 Å². The number of hydrogen-bond acceptors (Lipinski definition) is 12. The lowest BCUT2D eigenvalue weighted by atomic mass is 10.1. The van der Waals surface area contributed by atoms with Gasteiger partial charge >= 0.3 is 5.71 Å². The monoisotopic (exact) mass is 1620 g/mol. The maximum atomic E-state index is 7.97. The Morgan fingerprint density at radius 3 is 1.28 bits per heavy atom. The molecular weight excluding hydrogens is 1550 g/mol. The molecule has 4 aromatic carbocycles. The lowest BCUT2D eigenvalue weighted by molar-refractivity contribution is -0.645. The van der Waals surface area contributed by atoms with Gasteiger partial charge in [0.05, 0.1) is 106 Å². The summed E-state index contributed by atoms with van der Waals surface area (Å²) in [6.07, 6.45) is 28.0. The molecule has 0 atom stereocenters. The van der Waals surface area contributed by atoms with Gasteiger partial charge in [-0.15, -0.1) is 0 Å². The molecule has 29 rings (SSSR count). The zero-order valence-electron chi connectivity index (χ0n) is 69.5. The molecule has 0 unspecified atom stereocenters. The average molecular weight is 1620 g/mol. The second kappa shape index (κ2) is 27.2. The highest BCUT2D eigenvalue weighted by atomic mass is 32.1. The summed E-state index contributed by atoms with van der Waals surface area (Å²) >= 11 is 1.76. The van der Waals surface area contributed by atoms with Crippen LogP contribution in [0.1, 0.15) is 31.9 Å². The van der Waals surface area contributed by atoms with Gasteiger partial charge in [-0.3, -0.25) is 29.5 Å². The molecule has 25 heterocycles. The van der Waals surface area contributed by atoms with Crippen molar-refractivity contribution in [1.29, 1.82) is 0 Å². The SMILES string of the molecule is Cn1c2ncccc2c2c1[n+](C)c1n2Cc2cnccc2-1.[2H]C([2H])([2H])n1c2ncccc2c2c1[n+](C)c1n2Cc2cnccc2-1.c1ccc(-n2c3[n+](c4c5cccnc5n(-c5ccccc5)c42)Cc2cnccc2-3)cc1.c1ccc(-n2c3[n+](c4c5cccnc5oc42)Cc2cnccc2-3)cc1.c1ccc(-n2c3[n+](c4c5cccnc5sc42)Cc2cnccc2-3)cc1. The molecule has 0 saturated carbocycles. The molecule has 24 nitrogen and oxygen atoms in total. The number of furan rings is 1. The number of thiophene rings is 1. The molecule has 0 bridgehead atoms. The Balaban J connectivity index is 0.0000000863. The van der Waals surface area contributed by atoms with Crippen LogP contribution in [0.25, 0.3) is 189 Å². The van der Waals surface area contributed by atoms with Crippen LogP contribution in [0, 0.1) is 0 Å². The molecule has 0 saturated heterocycles. The summed E-state index contributed by atoms with van der Waals surface area (Å²) in [4.78, 5) is 46.4. The summed E-state index contributed by atoms with van der Waals surface area (Å²) in [6.45, 7) is 1.72. The standard InChI is InChI=1S/C26H18N5.C20H13N4O.C20H13N4S.2C16H14N5/c1-3-8-19(9-4-1)30-24-22(12-7-14-28-24)23-26(30)31(20-10-5-2-6-11-20)25-21-13-15-27-16-18(21)17-29(23)25;2*1-2-5-14(6-3-1)24-19-15-8-10-21-11-13(15)12-23(19)17-16-7-4-9-22-18(16)25-20(17)24;2*1-19-14-12(4-3-6-18-14)13-16(19)20(2)15-11-5-7-17-8-10(11)9-21(13)15/h1-16H,17H2;2*1-11H,12H2;2*3-8H,9H2,1-2H3/q5*+1/i;;;1D3;. The van der Waals surface area contributed by atoms with Gasteiger partial charge in [-0.25, -0.2) is 66.0 Å². The summed E-state index contributed by atoms with van der Waals surface area (Å²) in [5.74, 6) is 5.79. The smallest absolute Gasteiger partial charge is 0.346 e. The summed E-state index contributed by atoms with van der Waals surface area (Å²) < 4.78 is 58.7. The fourth-order valence-corrected chi connectivity index (χ4v) is 20.9. The maximum Gasteiger partial charge on any atom is 0.346 e. The van der Waals surface area contributed by atoms with Crippen molar-refractivity contribution >= 4 is 121 Å². The first kappa shape index (κ1) is 66.8. The molecule has 0 fully saturated rings. The third-order valence-corrected chi connectivity index (χ3v) is 25.8. The van der Waals surface area contributed by atoms with Crippen molar-refractivity contribution in [2.75, 3.05) is 0 Å². The van der Waals surface area contributed by atoms with Crippen LogP contribution in [0.15, 0.2) is 310 Å². The molecule has 586 valence electrons. The molecular formula is C98H72N23OS+5. The molecule has 5 aliphatic rings. The van der Waals surface area contributed by atoms with E-state index in [1.807, 2.05) is 153 Å². The van der Waals surface area contributed by atoms with E-state index in [1.165, 1.54) is 110 Å². The predicted octanol–water partition coefficient (Wildman–Crippen LogP) is 15.7. The normalized spacial score (nSPS) is 13.2. The van der Waals surface area contributed by atoms with E-state index >= 15 is 0 Å². The molecule has 20 aromatic heterocycles. The van der Waals surface area contributed by atoms with Gasteiger partial charge in [0.2, 0.25) is 44.5 Å². The van der Waals surface area contributed by atoms with Crippen LogP contribution < -0.4 is 22.8 Å². The van der Waals surface area contributed by atoms with E-state index in [0.717, 1.165) is 121 Å². The van der Waals surface area contributed by atoms with E-state index in [9.17, 15) is 0 Å².